The molecular weight excluding hydrogens is 420 g/mol. The first kappa shape index (κ1) is 23.5. The Bertz CT molecular complexity index is 1170. The summed E-state index contributed by atoms with van der Waals surface area (Å²) in [5, 5.41) is 8.56. The van der Waals surface area contributed by atoms with Crippen molar-refractivity contribution in [3.8, 4) is 0 Å². The summed E-state index contributed by atoms with van der Waals surface area (Å²) in [5.74, 6) is -0.0473. The molecule has 0 unspecified atom stereocenters. The van der Waals surface area contributed by atoms with Crippen LogP contribution in [0.5, 0.6) is 0 Å². The number of ketones is 1. The van der Waals surface area contributed by atoms with Crippen LogP contribution in [0.15, 0.2) is 83.0 Å². The minimum absolute atomic E-state index is 0.0200. The van der Waals surface area contributed by atoms with Crippen LogP contribution in [0.3, 0.4) is 0 Å². The second kappa shape index (κ2) is 11.0. The zero-order valence-corrected chi connectivity index (χ0v) is 19.3. The third-order valence-corrected chi connectivity index (χ3v) is 5.90. The van der Waals surface area contributed by atoms with Gasteiger partial charge in [-0.15, -0.1) is 0 Å². The van der Waals surface area contributed by atoms with Gasteiger partial charge < -0.3 is 0 Å². The Labute approximate surface area is 190 Å². The molecule has 0 fully saturated rings. The molecule has 0 radical (unpaired) electrons. The molecule has 0 saturated carbocycles. The molecule has 3 aromatic rings. The van der Waals surface area contributed by atoms with Crippen molar-refractivity contribution in [2.45, 2.75) is 38.4 Å². The van der Waals surface area contributed by atoms with Gasteiger partial charge in [0.05, 0.1) is 17.1 Å². The predicted molar refractivity (Wildman–Crippen MR) is 129 cm³/mol. The van der Waals surface area contributed by atoms with E-state index in [9.17, 15) is 13.2 Å². The van der Waals surface area contributed by atoms with Gasteiger partial charge in [0.2, 0.25) is 0 Å². The van der Waals surface area contributed by atoms with E-state index in [1.807, 2.05) is 36.4 Å². The Hall–Kier alpha value is -3.12. The summed E-state index contributed by atoms with van der Waals surface area (Å²) >= 11 is 0. The smallest absolute Gasteiger partial charge is 0.167 e. The molecule has 6 heteroatoms. The van der Waals surface area contributed by atoms with Crippen molar-refractivity contribution in [3.63, 3.8) is 0 Å². The maximum absolute atomic E-state index is 12.5. The topological polar surface area (TPSA) is 75.9 Å². The van der Waals surface area contributed by atoms with Crippen molar-refractivity contribution >= 4 is 27.0 Å². The van der Waals surface area contributed by atoms with E-state index in [2.05, 4.69) is 29.3 Å². The number of benzene rings is 3. The van der Waals surface area contributed by atoms with Crippen LogP contribution in [0.25, 0.3) is 0 Å². The number of carbonyl (C=O) groups excluding carboxylic acids is 1. The van der Waals surface area contributed by atoms with E-state index in [1.54, 1.807) is 24.3 Å². The lowest BCUT2D eigenvalue weighted by Gasteiger charge is -2.04. The minimum atomic E-state index is -3.09. The molecule has 0 saturated heterocycles. The number of azo groups is 1. The fourth-order valence-corrected chi connectivity index (χ4v) is 4.08. The van der Waals surface area contributed by atoms with Crippen LogP contribution in [0.1, 0.15) is 46.8 Å². The second-order valence-corrected chi connectivity index (χ2v) is 10.1. The monoisotopic (exact) mass is 448 g/mol. The summed E-state index contributed by atoms with van der Waals surface area (Å²) in [6, 6.07) is 22.3. The number of hydrogen-bond acceptors (Lipinski definition) is 5. The summed E-state index contributed by atoms with van der Waals surface area (Å²) in [4.78, 5) is 12.5. The van der Waals surface area contributed by atoms with E-state index in [0.29, 0.717) is 11.1 Å². The Balaban J connectivity index is 1.57. The lowest BCUT2D eigenvalue weighted by Crippen LogP contribution is -2.05. The van der Waals surface area contributed by atoms with Gasteiger partial charge in [0.25, 0.3) is 0 Å². The molecule has 166 valence electrons. The average Bonchev–Trinajstić information content (AvgIpc) is 2.77. The van der Waals surface area contributed by atoms with Crippen molar-refractivity contribution in [1.29, 1.82) is 0 Å². The highest BCUT2D eigenvalue weighted by Gasteiger charge is 2.09. The van der Waals surface area contributed by atoms with E-state index in [4.69, 9.17) is 0 Å². The highest BCUT2D eigenvalue weighted by molar-refractivity contribution is 7.89. The Morgan fingerprint density at radius 3 is 1.75 bits per heavy atom. The van der Waals surface area contributed by atoms with E-state index >= 15 is 0 Å². The molecule has 0 aliphatic carbocycles. The summed E-state index contributed by atoms with van der Waals surface area (Å²) in [6.07, 6.45) is 4.91. The Morgan fingerprint density at radius 2 is 1.25 bits per heavy atom. The summed E-state index contributed by atoms with van der Waals surface area (Å²) in [6.45, 7) is 2.19. The van der Waals surface area contributed by atoms with Crippen LogP contribution in [0, 0.1) is 0 Å². The highest BCUT2D eigenvalue weighted by Crippen LogP contribution is 2.20. The SMILES string of the molecule is CCCCc1ccc(N=Nc2ccc(CC(=O)c3ccc(CS(C)(=O)=O)cc3)cc2)cc1. The van der Waals surface area contributed by atoms with Crippen LogP contribution >= 0.6 is 0 Å². The average molecular weight is 449 g/mol. The fraction of sp³-hybridized carbons (Fsp3) is 0.269. The van der Waals surface area contributed by atoms with Gasteiger partial charge in [-0.05, 0) is 53.8 Å². The van der Waals surface area contributed by atoms with Gasteiger partial charge in [-0.25, -0.2) is 8.42 Å². The number of nitrogens with zero attached hydrogens (tertiary/aromatic N) is 2. The molecular formula is C26H28N2O3S. The molecule has 0 bridgehead atoms. The van der Waals surface area contributed by atoms with Crippen LogP contribution in [0.2, 0.25) is 0 Å². The molecule has 0 spiro atoms. The number of Topliss-reactive ketones (excluding diaryl/α,β-unsaturated/α-hetero) is 1. The van der Waals surface area contributed by atoms with E-state index in [0.717, 1.165) is 23.4 Å². The van der Waals surface area contributed by atoms with E-state index < -0.39 is 9.84 Å². The van der Waals surface area contributed by atoms with Gasteiger partial charge >= 0.3 is 0 Å². The molecule has 3 aromatic carbocycles. The first-order chi connectivity index (χ1) is 15.3. The highest BCUT2D eigenvalue weighted by atomic mass is 32.2. The number of sulfone groups is 1. The van der Waals surface area contributed by atoms with Gasteiger partial charge in [-0.3, -0.25) is 4.79 Å². The molecule has 0 aliphatic rings. The molecule has 0 N–H and O–H groups in total. The van der Waals surface area contributed by atoms with E-state index in [1.165, 1.54) is 24.7 Å². The van der Waals surface area contributed by atoms with Gasteiger partial charge in [0.15, 0.2) is 15.6 Å². The third-order valence-electron chi connectivity index (χ3n) is 5.04. The Kier molecular flexibility index (Phi) is 8.06. The summed E-state index contributed by atoms with van der Waals surface area (Å²) in [5.41, 5.74) is 4.97. The number of hydrogen-bond donors (Lipinski definition) is 0. The first-order valence-electron chi connectivity index (χ1n) is 10.7. The third kappa shape index (κ3) is 7.54. The zero-order chi connectivity index (χ0) is 23.0. The molecule has 0 aromatic heterocycles. The number of carbonyl (C=O) groups is 1. The standard InChI is InChI=1S/C26H28N2O3S/c1-3-4-5-20-8-14-24(15-9-20)27-28-25-16-10-21(11-17-25)18-26(29)23-12-6-22(7-13-23)19-32(2,30)31/h6-17H,3-5,18-19H2,1-2H3. The fourth-order valence-electron chi connectivity index (χ4n) is 3.28. The van der Waals surface area contributed by atoms with Crippen molar-refractivity contribution in [2.75, 3.05) is 6.26 Å². The molecule has 3 rings (SSSR count). The summed E-state index contributed by atoms with van der Waals surface area (Å²) in [7, 11) is -3.09. The molecule has 0 atom stereocenters. The van der Waals surface area contributed by atoms with Crippen molar-refractivity contribution in [3.05, 3.63) is 95.1 Å². The first-order valence-corrected chi connectivity index (χ1v) is 12.8. The van der Waals surface area contributed by atoms with Crippen molar-refractivity contribution in [1.82, 2.24) is 0 Å². The van der Waals surface area contributed by atoms with Gasteiger partial charge in [0, 0.05) is 18.2 Å². The second-order valence-electron chi connectivity index (χ2n) is 8.00. The van der Waals surface area contributed by atoms with Crippen LogP contribution in [0.4, 0.5) is 11.4 Å². The molecule has 0 amide bonds. The number of unbranched alkanes of at least 4 members (excludes halogenated alkanes) is 1. The van der Waals surface area contributed by atoms with Gasteiger partial charge in [-0.1, -0.05) is 61.9 Å². The van der Waals surface area contributed by atoms with Crippen LogP contribution in [-0.4, -0.2) is 20.5 Å². The lowest BCUT2D eigenvalue weighted by atomic mass is 10.0. The normalized spacial score (nSPS) is 11.7. The lowest BCUT2D eigenvalue weighted by molar-refractivity contribution is 0.0993. The van der Waals surface area contributed by atoms with Crippen LogP contribution < -0.4 is 0 Å². The predicted octanol–water partition coefficient (Wildman–Crippen LogP) is 6.41. The van der Waals surface area contributed by atoms with Gasteiger partial charge in [0.1, 0.15) is 0 Å². The molecule has 32 heavy (non-hydrogen) atoms. The van der Waals surface area contributed by atoms with E-state index in [-0.39, 0.29) is 18.0 Å². The molecule has 5 nitrogen and oxygen atoms in total. The van der Waals surface area contributed by atoms with Crippen molar-refractivity contribution in [2.24, 2.45) is 10.2 Å². The quantitative estimate of drug-likeness (QED) is 0.265. The Morgan fingerprint density at radius 1 is 0.750 bits per heavy atom. The number of aryl methyl sites for hydroxylation is 1. The molecule has 0 heterocycles. The number of rotatable bonds is 10. The molecule has 0 aliphatic heterocycles. The van der Waals surface area contributed by atoms with Crippen LogP contribution in [-0.2, 0) is 28.4 Å². The zero-order valence-electron chi connectivity index (χ0n) is 18.5. The van der Waals surface area contributed by atoms with Crippen molar-refractivity contribution < 1.29 is 13.2 Å². The van der Waals surface area contributed by atoms with Gasteiger partial charge in [-0.2, -0.15) is 10.2 Å². The summed E-state index contributed by atoms with van der Waals surface area (Å²) < 4.78 is 22.8. The largest absolute Gasteiger partial charge is 0.294 e. The maximum atomic E-state index is 12.5. The minimum Gasteiger partial charge on any atom is -0.294 e. The maximum Gasteiger partial charge on any atom is 0.167 e.